The van der Waals surface area contributed by atoms with Crippen LogP contribution in [0.15, 0.2) is 42.5 Å². The lowest BCUT2D eigenvalue weighted by atomic mass is 10.1. The molecule has 5 nitrogen and oxygen atoms in total. The van der Waals surface area contributed by atoms with Gasteiger partial charge in [-0.3, -0.25) is 9.59 Å². The minimum Gasteiger partial charge on any atom is -0.497 e. The molecular formula is C17H17FN2O3. The maximum atomic E-state index is 13.8. The Bertz CT molecular complexity index is 714. The molecule has 0 aliphatic heterocycles. The van der Waals surface area contributed by atoms with Crippen molar-refractivity contribution in [2.45, 2.75) is 13.3 Å². The molecule has 0 saturated carbocycles. The third-order valence-electron chi connectivity index (χ3n) is 3.08. The Morgan fingerprint density at radius 3 is 2.39 bits per heavy atom. The van der Waals surface area contributed by atoms with Crippen LogP contribution < -0.4 is 15.4 Å². The van der Waals surface area contributed by atoms with Crippen molar-refractivity contribution in [3.05, 3.63) is 53.8 Å². The van der Waals surface area contributed by atoms with Crippen molar-refractivity contribution in [2.75, 3.05) is 17.7 Å². The predicted octanol–water partition coefficient (Wildman–Crippen LogP) is 2.97. The third kappa shape index (κ3) is 4.81. The predicted molar refractivity (Wildman–Crippen MR) is 86.0 cm³/mol. The quantitative estimate of drug-likeness (QED) is 0.891. The van der Waals surface area contributed by atoms with Gasteiger partial charge in [0.25, 0.3) is 0 Å². The van der Waals surface area contributed by atoms with Crippen molar-refractivity contribution >= 4 is 23.2 Å². The Kier molecular flexibility index (Phi) is 5.30. The summed E-state index contributed by atoms with van der Waals surface area (Å²) in [6.45, 7) is 1.35. The third-order valence-corrected chi connectivity index (χ3v) is 3.08. The number of rotatable bonds is 5. The highest BCUT2D eigenvalue weighted by Gasteiger charge is 2.09. The van der Waals surface area contributed by atoms with E-state index >= 15 is 0 Å². The zero-order valence-corrected chi connectivity index (χ0v) is 12.9. The van der Waals surface area contributed by atoms with Crippen molar-refractivity contribution in [3.63, 3.8) is 0 Å². The summed E-state index contributed by atoms with van der Waals surface area (Å²) in [5, 5.41) is 5.04. The summed E-state index contributed by atoms with van der Waals surface area (Å²) in [4.78, 5) is 23.0. The molecule has 0 bridgehead atoms. The SMILES string of the molecule is COc1ccc(CC(=O)Nc2cc(NC(C)=O)ccc2F)cc1. The van der Waals surface area contributed by atoms with E-state index in [4.69, 9.17) is 4.74 Å². The van der Waals surface area contributed by atoms with E-state index in [1.165, 1.54) is 25.1 Å². The van der Waals surface area contributed by atoms with Crippen LogP contribution in [-0.2, 0) is 16.0 Å². The molecule has 0 heterocycles. The number of carbonyl (C=O) groups excluding carboxylic acids is 2. The average molecular weight is 316 g/mol. The van der Waals surface area contributed by atoms with Crippen molar-refractivity contribution in [1.29, 1.82) is 0 Å². The molecule has 0 fully saturated rings. The van der Waals surface area contributed by atoms with Crippen LogP contribution in [0.3, 0.4) is 0 Å². The molecule has 0 aliphatic carbocycles. The molecule has 0 aromatic heterocycles. The summed E-state index contributed by atoms with van der Waals surface area (Å²) in [6, 6.07) is 11.0. The number of halogens is 1. The first kappa shape index (κ1) is 16.5. The first-order valence-electron chi connectivity index (χ1n) is 6.98. The highest BCUT2D eigenvalue weighted by Crippen LogP contribution is 2.20. The van der Waals surface area contributed by atoms with E-state index < -0.39 is 5.82 Å². The molecule has 120 valence electrons. The number of carbonyl (C=O) groups is 2. The van der Waals surface area contributed by atoms with Gasteiger partial charge < -0.3 is 15.4 Å². The summed E-state index contributed by atoms with van der Waals surface area (Å²) >= 11 is 0. The molecule has 2 aromatic rings. The number of hydrogen-bond acceptors (Lipinski definition) is 3. The molecule has 0 radical (unpaired) electrons. The topological polar surface area (TPSA) is 67.4 Å². The number of benzene rings is 2. The maximum Gasteiger partial charge on any atom is 0.228 e. The van der Waals surface area contributed by atoms with E-state index in [1.54, 1.807) is 31.4 Å². The molecule has 0 aliphatic rings. The van der Waals surface area contributed by atoms with Crippen LogP contribution >= 0.6 is 0 Å². The zero-order valence-electron chi connectivity index (χ0n) is 12.9. The Hall–Kier alpha value is -2.89. The summed E-state index contributed by atoms with van der Waals surface area (Å²) in [6.07, 6.45) is 0.105. The van der Waals surface area contributed by atoms with E-state index in [0.29, 0.717) is 11.4 Å². The maximum absolute atomic E-state index is 13.8. The second kappa shape index (κ2) is 7.40. The molecular weight excluding hydrogens is 299 g/mol. The lowest BCUT2D eigenvalue weighted by molar-refractivity contribution is -0.116. The molecule has 0 spiro atoms. The van der Waals surface area contributed by atoms with Crippen LogP contribution in [0, 0.1) is 5.82 Å². The van der Waals surface area contributed by atoms with Gasteiger partial charge in [0, 0.05) is 12.6 Å². The van der Waals surface area contributed by atoms with Gasteiger partial charge in [-0.05, 0) is 35.9 Å². The van der Waals surface area contributed by atoms with Gasteiger partial charge in [0.05, 0.1) is 19.2 Å². The number of amides is 2. The van der Waals surface area contributed by atoms with Gasteiger partial charge in [0.2, 0.25) is 11.8 Å². The van der Waals surface area contributed by atoms with Gasteiger partial charge in [-0.1, -0.05) is 12.1 Å². The molecule has 0 saturated heterocycles. The number of anilines is 2. The highest BCUT2D eigenvalue weighted by atomic mass is 19.1. The molecule has 0 atom stereocenters. The van der Waals surface area contributed by atoms with Gasteiger partial charge in [0.1, 0.15) is 11.6 Å². The lowest BCUT2D eigenvalue weighted by Gasteiger charge is -2.09. The first-order chi connectivity index (χ1) is 11.0. The van der Waals surface area contributed by atoms with Gasteiger partial charge in [0.15, 0.2) is 0 Å². The van der Waals surface area contributed by atoms with Crippen molar-refractivity contribution in [2.24, 2.45) is 0 Å². The summed E-state index contributed by atoms with van der Waals surface area (Å²) < 4.78 is 18.8. The summed E-state index contributed by atoms with van der Waals surface area (Å²) in [7, 11) is 1.56. The lowest BCUT2D eigenvalue weighted by Crippen LogP contribution is -2.16. The van der Waals surface area contributed by atoms with Gasteiger partial charge in [-0.2, -0.15) is 0 Å². The Morgan fingerprint density at radius 2 is 1.78 bits per heavy atom. The first-order valence-corrected chi connectivity index (χ1v) is 6.98. The summed E-state index contributed by atoms with van der Waals surface area (Å²) in [5.74, 6) is -0.494. The average Bonchev–Trinajstić information content (AvgIpc) is 2.51. The van der Waals surface area contributed by atoms with Crippen LogP contribution in [0.4, 0.5) is 15.8 Å². The molecule has 2 aromatic carbocycles. The van der Waals surface area contributed by atoms with Crippen LogP contribution in [0.25, 0.3) is 0 Å². The van der Waals surface area contributed by atoms with Gasteiger partial charge >= 0.3 is 0 Å². The van der Waals surface area contributed by atoms with Crippen molar-refractivity contribution in [3.8, 4) is 5.75 Å². The number of hydrogen-bond donors (Lipinski definition) is 2. The molecule has 6 heteroatoms. The van der Waals surface area contributed by atoms with Crippen molar-refractivity contribution in [1.82, 2.24) is 0 Å². The minimum atomic E-state index is -0.567. The molecule has 2 amide bonds. The van der Waals surface area contributed by atoms with E-state index in [9.17, 15) is 14.0 Å². The van der Waals surface area contributed by atoms with Crippen LogP contribution in [0.5, 0.6) is 5.75 Å². The van der Waals surface area contributed by atoms with Gasteiger partial charge in [-0.25, -0.2) is 4.39 Å². The zero-order chi connectivity index (χ0) is 16.8. The number of ether oxygens (including phenoxy) is 1. The standard InChI is InChI=1S/C17H17FN2O3/c1-11(21)19-13-5-8-15(18)16(10-13)20-17(22)9-12-3-6-14(23-2)7-4-12/h3-8,10H,9H2,1-2H3,(H,19,21)(H,20,22). The largest absolute Gasteiger partial charge is 0.497 e. The van der Waals surface area contributed by atoms with Gasteiger partial charge in [-0.15, -0.1) is 0 Å². The highest BCUT2D eigenvalue weighted by molar-refractivity contribution is 5.94. The normalized spacial score (nSPS) is 10.0. The fourth-order valence-electron chi connectivity index (χ4n) is 2.03. The smallest absolute Gasteiger partial charge is 0.228 e. The molecule has 23 heavy (non-hydrogen) atoms. The van der Waals surface area contributed by atoms with E-state index in [2.05, 4.69) is 10.6 Å². The Morgan fingerprint density at radius 1 is 1.09 bits per heavy atom. The second-order valence-corrected chi connectivity index (χ2v) is 4.95. The molecule has 2 rings (SSSR count). The van der Waals surface area contributed by atoms with Crippen LogP contribution in [0.2, 0.25) is 0 Å². The van der Waals surface area contributed by atoms with E-state index in [-0.39, 0.29) is 23.9 Å². The molecule has 2 N–H and O–H groups in total. The van der Waals surface area contributed by atoms with Crippen LogP contribution in [-0.4, -0.2) is 18.9 Å². The van der Waals surface area contributed by atoms with Crippen LogP contribution in [0.1, 0.15) is 12.5 Å². The van der Waals surface area contributed by atoms with E-state index in [0.717, 1.165) is 5.56 Å². The number of methoxy groups -OCH3 is 1. The summed E-state index contributed by atoms with van der Waals surface area (Å²) in [5.41, 5.74) is 1.22. The second-order valence-electron chi connectivity index (χ2n) is 4.95. The fraction of sp³-hybridized carbons (Fsp3) is 0.176. The Labute approximate surface area is 133 Å². The molecule has 0 unspecified atom stereocenters. The minimum absolute atomic E-state index is 0.0229. The fourth-order valence-corrected chi connectivity index (χ4v) is 2.03. The Balaban J connectivity index is 2.05. The van der Waals surface area contributed by atoms with E-state index in [1.807, 2.05) is 0 Å². The number of nitrogens with one attached hydrogen (secondary N) is 2. The monoisotopic (exact) mass is 316 g/mol. The van der Waals surface area contributed by atoms with Crippen molar-refractivity contribution < 1.29 is 18.7 Å².